The first kappa shape index (κ1) is 18.9. The zero-order chi connectivity index (χ0) is 18.4. The van der Waals surface area contributed by atoms with Crippen molar-refractivity contribution in [3.63, 3.8) is 0 Å². The summed E-state index contributed by atoms with van der Waals surface area (Å²) in [5, 5.41) is 2.43. The SMILES string of the molecule is CCOC(=O)c1c(-c2ccco2)nc(NCCOC)nc1S(C)(=O)=O. The van der Waals surface area contributed by atoms with Gasteiger partial charge in [-0.3, -0.25) is 0 Å². The molecule has 0 atom stereocenters. The molecule has 9 nitrogen and oxygen atoms in total. The van der Waals surface area contributed by atoms with Gasteiger partial charge in [-0.2, -0.15) is 0 Å². The molecule has 0 saturated carbocycles. The smallest absolute Gasteiger partial charge is 0.343 e. The van der Waals surface area contributed by atoms with Crippen LogP contribution >= 0.6 is 0 Å². The third-order valence-electron chi connectivity index (χ3n) is 3.05. The minimum atomic E-state index is -3.83. The molecule has 0 saturated heterocycles. The molecule has 1 N–H and O–H groups in total. The van der Waals surface area contributed by atoms with Crippen LogP contribution in [0.25, 0.3) is 11.5 Å². The molecule has 2 heterocycles. The molecule has 2 aromatic heterocycles. The Hall–Kier alpha value is -2.46. The number of sulfone groups is 1. The topological polar surface area (TPSA) is 121 Å². The molecule has 0 aromatic carbocycles. The maximum absolute atomic E-state index is 12.4. The first-order valence-electron chi connectivity index (χ1n) is 7.44. The molecule has 0 aliphatic heterocycles. The van der Waals surface area contributed by atoms with Crippen molar-refractivity contribution in [1.82, 2.24) is 9.97 Å². The highest BCUT2D eigenvalue weighted by molar-refractivity contribution is 7.90. The monoisotopic (exact) mass is 369 g/mol. The molecule has 2 aromatic rings. The summed E-state index contributed by atoms with van der Waals surface area (Å²) < 4.78 is 39.6. The molecule has 0 amide bonds. The Morgan fingerprint density at radius 2 is 2.12 bits per heavy atom. The molecule has 0 fully saturated rings. The van der Waals surface area contributed by atoms with E-state index in [9.17, 15) is 13.2 Å². The maximum atomic E-state index is 12.4. The van der Waals surface area contributed by atoms with Gasteiger partial charge in [0.2, 0.25) is 5.95 Å². The summed E-state index contributed by atoms with van der Waals surface area (Å²) in [5.41, 5.74) is -0.213. The Morgan fingerprint density at radius 3 is 2.68 bits per heavy atom. The standard InChI is InChI=1S/C15H19N3O6S/c1-4-23-14(19)11-12(10-6-5-8-24-10)17-15(16-7-9-22-2)18-13(11)25(3,20)21/h5-6,8H,4,7,9H2,1-3H3,(H,16,17,18). The summed E-state index contributed by atoms with van der Waals surface area (Å²) in [4.78, 5) is 20.6. The van der Waals surface area contributed by atoms with E-state index in [1.165, 1.54) is 13.4 Å². The number of nitrogens with one attached hydrogen (secondary N) is 1. The van der Waals surface area contributed by atoms with Crippen molar-refractivity contribution in [2.75, 3.05) is 38.4 Å². The lowest BCUT2D eigenvalue weighted by molar-refractivity contribution is 0.0521. The van der Waals surface area contributed by atoms with Crippen LogP contribution in [-0.4, -0.2) is 57.5 Å². The van der Waals surface area contributed by atoms with Gasteiger partial charge < -0.3 is 19.2 Å². The number of hydrogen-bond acceptors (Lipinski definition) is 9. The zero-order valence-corrected chi connectivity index (χ0v) is 14.9. The first-order chi connectivity index (χ1) is 11.9. The van der Waals surface area contributed by atoms with Crippen LogP contribution in [0, 0.1) is 0 Å². The normalized spacial score (nSPS) is 11.3. The van der Waals surface area contributed by atoms with Crippen molar-refractivity contribution in [3.8, 4) is 11.5 Å². The van der Waals surface area contributed by atoms with Gasteiger partial charge in [-0.25, -0.2) is 23.2 Å². The van der Waals surface area contributed by atoms with E-state index < -0.39 is 20.8 Å². The van der Waals surface area contributed by atoms with Crippen LogP contribution in [0.1, 0.15) is 17.3 Å². The van der Waals surface area contributed by atoms with Crippen LogP contribution in [0.4, 0.5) is 5.95 Å². The molecular weight excluding hydrogens is 350 g/mol. The molecule has 0 radical (unpaired) electrons. The van der Waals surface area contributed by atoms with Crippen molar-refractivity contribution < 1.29 is 27.1 Å². The Balaban J connectivity index is 2.67. The Bertz CT molecular complexity index is 833. The number of aromatic nitrogens is 2. The van der Waals surface area contributed by atoms with Crippen molar-refractivity contribution in [3.05, 3.63) is 24.0 Å². The average molecular weight is 369 g/mol. The first-order valence-corrected chi connectivity index (χ1v) is 9.33. The molecular formula is C15H19N3O6S. The fourth-order valence-corrected chi connectivity index (χ4v) is 2.83. The molecule has 136 valence electrons. The predicted molar refractivity (Wildman–Crippen MR) is 89.2 cm³/mol. The lowest BCUT2D eigenvalue weighted by Gasteiger charge is -2.13. The van der Waals surface area contributed by atoms with Gasteiger partial charge in [0.25, 0.3) is 0 Å². The highest BCUT2D eigenvalue weighted by Gasteiger charge is 2.29. The van der Waals surface area contributed by atoms with Gasteiger partial charge in [-0.05, 0) is 19.1 Å². The minimum Gasteiger partial charge on any atom is -0.463 e. The lowest BCUT2D eigenvalue weighted by atomic mass is 10.2. The van der Waals surface area contributed by atoms with Gasteiger partial charge in [-0.1, -0.05) is 0 Å². The Labute approximate surface area is 145 Å². The van der Waals surface area contributed by atoms with Gasteiger partial charge in [0, 0.05) is 19.9 Å². The Morgan fingerprint density at radius 1 is 1.36 bits per heavy atom. The summed E-state index contributed by atoms with van der Waals surface area (Å²) in [7, 11) is -2.30. The van der Waals surface area contributed by atoms with Gasteiger partial charge in [0.05, 0.1) is 19.5 Å². The van der Waals surface area contributed by atoms with E-state index >= 15 is 0 Å². The second kappa shape index (κ2) is 8.08. The van der Waals surface area contributed by atoms with Gasteiger partial charge >= 0.3 is 5.97 Å². The van der Waals surface area contributed by atoms with Crippen LogP contribution in [0.2, 0.25) is 0 Å². The van der Waals surface area contributed by atoms with Gasteiger partial charge in [0.1, 0.15) is 11.3 Å². The lowest BCUT2D eigenvalue weighted by Crippen LogP contribution is -2.19. The highest BCUT2D eigenvalue weighted by atomic mass is 32.2. The third kappa shape index (κ3) is 4.54. The summed E-state index contributed by atoms with van der Waals surface area (Å²) in [6, 6.07) is 3.17. The van der Waals surface area contributed by atoms with E-state index in [1.54, 1.807) is 19.1 Å². The molecule has 0 bridgehead atoms. The van der Waals surface area contributed by atoms with Crippen LogP contribution in [0.5, 0.6) is 0 Å². The van der Waals surface area contributed by atoms with Crippen LogP contribution < -0.4 is 5.32 Å². The number of hydrogen-bond donors (Lipinski definition) is 1. The van der Waals surface area contributed by atoms with Crippen LogP contribution in [0.15, 0.2) is 27.8 Å². The number of methoxy groups -OCH3 is 1. The molecule has 0 aliphatic rings. The number of carbonyl (C=O) groups excluding carboxylic acids is 1. The fourth-order valence-electron chi connectivity index (χ4n) is 2.03. The van der Waals surface area contributed by atoms with Crippen molar-refractivity contribution in [2.24, 2.45) is 0 Å². The summed E-state index contributed by atoms with van der Waals surface area (Å²) in [6.07, 6.45) is 2.35. The molecule has 2 rings (SSSR count). The summed E-state index contributed by atoms with van der Waals surface area (Å²) in [6.45, 7) is 2.42. The second-order valence-corrected chi connectivity index (χ2v) is 6.90. The van der Waals surface area contributed by atoms with E-state index in [1.807, 2.05) is 0 Å². The number of esters is 1. The summed E-state index contributed by atoms with van der Waals surface area (Å²) >= 11 is 0. The fraction of sp³-hybridized carbons (Fsp3) is 0.400. The molecule has 10 heteroatoms. The van der Waals surface area contributed by atoms with Crippen molar-refractivity contribution in [2.45, 2.75) is 11.9 Å². The average Bonchev–Trinajstić information content (AvgIpc) is 3.08. The van der Waals surface area contributed by atoms with Crippen molar-refractivity contribution in [1.29, 1.82) is 0 Å². The second-order valence-electron chi connectivity index (χ2n) is 4.97. The number of nitrogens with zero attached hydrogens (tertiary/aromatic N) is 2. The van der Waals surface area contributed by atoms with E-state index in [0.717, 1.165) is 6.26 Å². The van der Waals surface area contributed by atoms with Crippen LogP contribution in [0.3, 0.4) is 0 Å². The van der Waals surface area contributed by atoms with E-state index in [4.69, 9.17) is 13.9 Å². The number of rotatable bonds is 8. The molecule has 25 heavy (non-hydrogen) atoms. The van der Waals surface area contributed by atoms with Crippen molar-refractivity contribution >= 4 is 21.8 Å². The molecule has 0 aliphatic carbocycles. The number of carbonyl (C=O) groups is 1. The maximum Gasteiger partial charge on any atom is 0.343 e. The predicted octanol–water partition coefficient (Wildman–Crippen LogP) is 1.38. The zero-order valence-electron chi connectivity index (χ0n) is 14.1. The van der Waals surface area contributed by atoms with E-state index in [2.05, 4.69) is 15.3 Å². The van der Waals surface area contributed by atoms with E-state index in [0.29, 0.717) is 13.2 Å². The quantitative estimate of drug-likeness (QED) is 0.418. The van der Waals surface area contributed by atoms with Gasteiger partial charge in [0.15, 0.2) is 20.6 Å². The largest absolute Gasteiger partial charge is 0.463 e. The summed E-state index contributed by atoms with van der Waals surface area (Å²) in [5.74, 6) is -0.570. The minimum absolute atomic E-state index is 0.0388. The number of ether oxygens (including phenoxy) is 2. The Kier molecular flexibility index (Phi) is 6.10. The van der Waals surface area contributed by atoms with E-state index in [-0.39, 0.29) is 29.6 Å². The highest BCUT2D eigenvalue weighted by Crippen LogP contribution is 2.28. The number of anilines is 1. The number of furan rings is 1. The molecule has 0 unspecified atom stereocenters. The van der Waals surface area contributed by atoms with Crippen LogP contribution in [-0.2, 0) is 19.3 Å². The third-order valence-corrected chi connectivity index (χ3v) is 4.05. The van der Waals surface area contributed by atoms with Gasteiger partial charge in [-0.15, -0.1) is 0 Å². The molecule has 0 spiro atoms.